The number of hydrogen-bond donors (Lipinski definition) is 0. The summed E-state index contributed by atoms with van der Waals surface area (Å²) in [5, 5.41) is 7.81. The Balaban J connectivity index is 2.64. The minimum absolute atomic E-state index is 0.400. The molecule has 0 saturated carbocycles. The van der Waals surface area contributed by atoms with E-state index in [2.05, 4.69) is 14.9 Å². The molecule has 0 aliphatic heterocycles. The van der Waals surface area contributed by atoms with Crippen molar-refractivity contribution in [2.45, 2.75) is 0 Å². The van der Waals surface area contributed by atoms with Gasteiger partial charge in [0.15, 0.2) is 0 Å². The molecule has 0 aliphatic rings. The maximum atomic E-state index is 11.2. The van der Waals surface area contributed by atoms with Crippen molar-refractivity contribution in [2.75, 3.05) is 7.11 Å². The molecule has 2 aromatic heterocycles. The van der Waals surface area contributed by atoms with Crippen LogP contribution in [0.5, 0.6) is 0 Å². The van der Waals surface area contributed by atoms with Gasteiger partial charge < -0.3 is 4.74 Å². The molecule has 13 heavy (non-hydrogen) atoms. The number of rotatable bonds is 1. The smallest absolute Gasteiger partial charge is 0.341 e. The van der Waals surface area contributed by atoms with Crippen LogP contribution in [0.4, 0.5) is 0 Å². The second kappa shape index (κ2) is 2.85. The highest BCUT2D eigenvalue weighted by Crippen LogP contribution is 2.08. The molecular weight excluding hydrogens is 170 g/mol. The van der Waals surface area contributed by atoms with Crippen molar-refractivity contribution in [3.63, 3.8) is 0 Å². The van der Waals surface area contributed by atoms with E-state index < -0.39 is 5.97 Å². The first-order chi connectivity index (χ1) is 6.33. The summed E-state index contributed by atoms with van der Waals surface area (Å²) in [7, 11) is 1.34. The van der Waals surface area contributed by atoms with E-state index in [9.17, 15) is 4.79 Å². The second-order valence-corrected chi connectivity index (χ2v) is 2.45. The standard InChI is InChI=1S/C8H7N3O2/c1-13-8(12)6-5-10-11-7(6)3-2-4-9-11/h2-5H,1H3. The quantitative estimate of drug-likeness (QED) is 0.596. The van der Waals surface area contributed by atoms with Crippen LogP contribution < -0.4 is 0 Å². The fourth-order valence-electron chi connectivity index (χ4n) is 1.10. The van der Waals surface area contributed by atoms with E-state index in [0.29, 0.717) is 11.1 Å². The maximum Gasteiger partial charge on any atom is 0.341 e. The maximum absolute atomic E-state index is 11.2. The van der Waals surface area contributed by atoms with Crippen LogP contribution in [-0.2, 0) is 4.74 Å². The lowest BCUT2D eigenvalue weighted by atomic mass is 10.3. The van der Waals surface area contributed by atoms with Crippen molar-refractivity contribution in [3.8, 4) is 0 Å². The first kappa shape index (κ1) is 7.72. The molecule has 0 aromatic carbocycles. The lowest BCUT2D eigenvalue weighted by molar-refractivity contribution is 0.0603. The van der Waals surface area contributed by atoms with E-state index in [4.69, 9.17) is 0 Å². The molecule has 5 nitrogen and oxygen atoms in total. The van der Waals surface area contributed by atoms with Gasteiger partial charge in [0.2, 0.25) is 0 Å². The number of carbonyl (C=O) groups excluding carboxylic acids is 1. The van der Waals surface area contributed by atoms with Gasteiger partial charge in [-0.2, -0.15) is 14.8 Å². The van der Waals surface area contributed by atoms with Gasteiger partial charge in [0, 0.05) is 6.20 Å². The van der Waals surface area contributed by atoms with E-state index in [1.54, 1.807) is 18.3 Å². The molecule has 0 bridgehead atoms. The summed E-state index contributed by atoms with van der Waals surface area (Å²) in [5.74, 6) is -0.400. The Bertz CT molecular complexity index is 449. The molecule has 0 amide bonds. The molecule has 5 heteroatoms. The Kier molecular flexibility index (Phi) is 1.70. The normalized spacial score (nSPS) is 10.2. The molecule has 0 N–H and O–H groups in total. The summed E-state index contributed by atoms with van der Waals surface area (Å²) in [4.78, 5) is 11.2. The van der Waals surface area contributed by atoms with Gasteiger partial charge in [-0.15, -0.1) is 0 Å². The Labute approximate surface area is 73.9 Å². The van der Waals surface area contributed by atoms with Crippen LogP contribution in [-0.4, -0.2) is 27.9 Å². The predicted octanol–water partition coefficient (Wildman–Crippen LogP) is 0.516. The Morgan fingerprint density at radius 1 is 1.54 bits per heavy atom. The molecule has 2 rings (SSSR count). The van der Waals surface area contributed by atoms with Crippen LogP contribution >= 0.6 is 0 Å². The lowest BCUT2D eigenvalue weighted by Crippen LogP contribution is -2.00. The van der Waals surface area contributed by atoms with Gasteiger partial charge >= 0.3 is 5.97 Å². The number of nitrogens with zero attached hydrogens (tertiary/aromatic N) is 3. The lowest BCUT2D eigenvalue weighted by Gasteiger charge is -1.94. The molecule has 0 unspecified atom stereocenters. The summed E-state index contributed by atoms with van der Waals surface area (Å²) in [6.07, 6.45) is 3.04. The summed E-state index contributed by atoms with van der Waals surface area (Å²) in [6.45, 7) is 0. The van der Waals surface area contributed by atoms with Crippen LogP contribution in [0, 0.1) is 0 Å². The van der Waals surface area contributed by atoms with Crippen LogP contribution in [0.3, 0.4) is 0 Å². The average Bonchev–Trinajstić information content (AvgIpc) is 2.60. The summed E-state index contributed by atoms with van der Waals surface area (Å²) < 4.78 is 5.96. The SMILES string of the molecule is COC(=O)c1cnn2ncccc12. The summed E-state index contributed by atoms with van der Waals surface area (Å²) in [6, 6.07) is 3.50. The number of aromatic nitrogens is 3. The molecule has 0 spiro atoms. The first-order valence-corrected chi connectivity index (χ1v) is 3.70. The van der Waals surface area contributed by atoms with E-state index in [-0.39, 0.29) is 0 Å². The number of esters is 1. The van der Waals surface area contributed by atoms with Crippen LogP contribution in [0.1, 0.15) is 10.4 Å². The van der Waals surface area contributed by atoms with Crippen molar-refractivity contribution >= 4 is 11.5 Å². The van der Waals surface area contributed by atoms with Crippen LogP contribution in [0.2, 0.25) is 0 Å². The van der Waals surface area contributed by atoms with Crippen molar-refractivity contribution in [2.24, 2.45) is 0 Å². The zero-order valence-corrected chi connectivity index (χ0v) is 6.97. The van der Waals surface area contributed by atoms with Gasteiger partial charge in [0.1, 0.15) is 11.1 Å². The van der Waals surface area contributed by atoms with E-state index in [1.165, 1.54) is 17.9 Å². The van der Waals surface area contributed by atoms with E-state index in [1.807, 2.05) is 0 Å². The zero-order chi connectivity index (χ0) is 9.26. The average molecular weight is 177 g/mol. The molecule has 0 fully saturated rings. The van der Waals surface area contributed by atoms with Crippen molar-refractivity contribution in [1.29, 1.82) is 0 Å². The van der Waals surface area contributed by atoms with Crippen molar-refractivity contribution < 1.29 is 9.53 Å². The molecule has 0 saturated heterocycles. The van der Waals surface area contributed by atoms with Gasteiger partial charge in [-0.25, -0.2) is 4.79 Å². The van der Waals surface area contributed by atoms with E-state index >= 15 is 0 Å². The largest absolute Gasteiger partial charge is 0.465 e. The third-order valence-electron chi connectivity index (χ3n) is 1.71. The minimum atomic E-state index is -0.400. The number of methoxy groups -OCH3 is 1. The van der Waals surface area contributed by atoms with Gasteiger partial charge in [0.25, 0.3) is 0 Å². The monoisotopic (exact) mass is 177 g/mol. The number of carbonyl (C=O) groups is 1. The minimum Gasteiger partial charge on any atom is -0.465 e. The van der Waals surface area contributed by atoms with Crippen LogP contribution in [0.25, 0.3) is 5.52 Å². The molecule has 2 heterocycles. The highest BCUT2D eigenvalue weighted by molar-refractivity contribution is 5.96. The van der Waals surface area contributed by atoms with Crippen LogP contribution in [0.15, 0.2) is 24.5 Å². The summed E-state index contributed by atoms with van der Waals surface area (Å²) in [5.41, 5.74) is 1.07. The van der Waals surface area contributed by atoms with E-state index in [0.717, 1.165) is 0 Å². The third kappa shape index (κ3) is 1.14. The second-order valence-electron chi connectivity index (χ2n) is 2.45. The van der Waals surface area contributed by atoms with Gasteiger partial charge in [-0.3, -0.25) is 0 Å². The van der Waals surface area contributed by atoms with Crippen molar-refractivity contribution in [1.82, 2.24) is 14.8 Å². The highest BCUT2D eigenvalue weighted by atomic mass is 16.5. The number of hydrogen-bond acceptors (Lipinski definition) is 4. The zero-order valence-electron chi connectivity index (χ0n) is 6.97. The van der Waals surface area contributed by atoms with Gasteiger partial charge in [0.05, 0.1) is 13.3 Å². The molecule has 2 aromatic rings. The molecule has 0 atom stereocenters. The third-order valence-corrected chi connectivity index (χ3v) is 1.71. The molecule has 0 aliphatic carbocycles. The Morgan fingerprint density at radius 2 is 2.38 bits per heavy atom. The Hall–Kier alpha value is -1.91. The highest BCUT2D eigenvalue weighted by Gasteiger charge is 2.12. The summed E-state index contributed by atoms with van der Waals surface area (Å²) >= 11 is 0. The number of ether oxygens (including phenoxy) is 1. The predicted molar refractivity (Wildman–Crippen MR) is 44.3 cm³/mol. The Morgan fingerprint density at radius 3 is 3.15 bits per heavy atom. The number of fused-ring (bicyclic) bond motifs is 1. The van der Waals surface area contributed by atoms with Gasteiger partial charge in [-0.1, -0.05) is 0 Å². The molecule has 0 radical (unpaired) electrons. The fourth-order valence-corrected chi connectivity index (χ4v) is 1.10. The fraction of sp³-hybridized carbons (Fsp3) is 0.125. The molecule has 66 valence electrons. The topological polar surface area (TPSA) is 56.5 Å². The molecular formula is C8H7N3O2. The van der Waals surface area contributed by atoms with Crippen molar-refractivity contribution in [3.05, 3.63) is 30.1 Å². The first-order valence-electron chi connectivity index (χ1n) is 3.70. The van der Waals surface area contributed by atoms with Gasteiger partial charge in [-0.05, 0) is 12.1 Å².